The van der Waals surface area contributed by atoms with E-state index in [0.717, 1.165) is 11.1 Å². The molecule has 0 fully saturated rings. The van der Waals surface area contributed by atoms with Crippen molar-refractivity contribution in [2.24, 2.45) is 0 Å². The van der Waals surface area contributed by atoms with Gasteiger partial charge < -0.3 is 9.42 Å². The summed E-state index contributed by atoms with van der Waals surface area (Å²) < 4.78 is 5.37. The predicted octanol–water partition coefficient (Wildman–Crippen LogP) is 5.12. The second kappa shape index (κ2) is 7.44. The summed E-state index contributed by atoms with van der Waals surface area (Å²) in [5.41, 5.74) is 3.96. The van der Waals surface area contributed by atoms with Crippen molar-refractivity contribution in [2.45, 2.75) is 13.5 Å². The molecular formula is C22H18ClN3O2. The first-order valence-corrected chi connectivity index (χ1v) is 9.23. The minimum Gasteiger partial charge on any atom is -0.337 e. The Morgan fingerprint density at radius 1 is 1.11 bits per heavy atom. The van der Waals surface area contributed by atoms with Crippen LogP contribution >= 0.6 is 11.6 Å². The van der Waals surface area contributed by atoms with E-state index in [0.29, 0.717) is 39.6 Å². The van der Waals surface area contributed by atoms with Crippen LogP contribution in [-0.4, -0.2) is 28.0 Å². The molecule has 140 valence electrons. The first kappa shape index (κ1) is 18.2. The lowest BCUT2D eigenvalue weighted by molar-refractivity contribution is 0.0787. The number of nitrogens with zero attached hydrogens (tertiary/aromatic N) is 3. The molecule has 4 rings (SSSR count). The zero-order chi connectivity index (χ0) is 19.7. The van der Waals surface area contributed by atoms with Crippen LogP contribution in [0.4, 0.5) is 0 Å². The Hall–Kier alpha value is -3.18. The third-order valence-electron chi connectivity index (χ3n) is 4.63. The second-order valence-electron chi connectivity index (χ2n) is 6.62. The number of hydrogen-bond donors (Lipinski definition) is 0. The Morgan fingerprint density at radius 3 is 2.57 bits per heavy atom. The van der Waals surface area contributed by atoms with E-state index in [4.69, 9.17) is 16.1 Å². The van der Waals surface area contributed by atoms with Gasteiger partial charge in [0.15, 0.2) is 0 Å². The molecule has 2 heterocycles. The van der Waals surface area contributed by atoms with Gasteiger partial charge in [-0.05, 0) is 24.6 Å². The number of benzene rings is 2. The maximum atomic E-state index is 13.3. The number of pyridine rings is 1. The van der Waals surface area contributed by atoms with E-state index in [2.05, 4.69) is 10.1 Å². The van der Waals surface area contributed by atoms with E-state index in [1.165, 1.54) is 0 Å². The van der Waals surface area contributed by atoms with Gasteiger partial charge in [0.1, 0.15) is 0 Å². The molecule has 0 aliphatic carbocycles. The van der Waals surface area contributed by atoms with Crippen molar-refractivity contribution in [3.05, 3.63) is 82.5 Å². The summed E-state index contributed by atoms with van der Waals surface area (Å²) in [7, 11) is 1.75. The van der Waals surface area contributed by atoms with Gasteiger partial charge in [-0.1, -0.05) is 65.3 Å². The van der Waals surface area contributed by atoms with Crippen molar-refractivity contribution in [1.82, 2.24) is 15.0 Å². The van der Waals surface area contributed by atoms with Crippen LogP contribution in [0.1, 0.15) is 21.6 Å². The van der Waals surface area contributed by atoms with E-state index in [9.17, 15) is 4.79 Å². The Balaban J connectivity index is 1.77. The van der Waals surface area contributed by atoms with Gasteiger partial charge in [-0.15, -0.1) is 0 Å². The average Bonchev–Trinajstić information content (AvgIpc) is 3.10. The molecule has 0 radical (unpaired) electrons. The quantitative estimate of drug-likeness (QED) is 0.484. The number of hydrogen-bond acceptors (Lipinski definition) is 4. The van der Waals surface area contributed by atoms with Crippen LogP contribution < -0.4 is 0 Å². The number of amides is 1. The minimum atomic E-state index is -0.143. The molecule has 0 bridgehead atoms. The van der Waals surface area contributed by atoms with Gasteiger partial charge in [0.25, 0.3) is 11.6 Å². The molecule has 0 spiro atoms. The molecule has 28 heavy (non-hydrogen) atoms. The molecule has 0 N–H and O–H groups in total. The molecule has 0 unspecified atom stereocenters. The van der Waals surface area contributed by atoms with Crippen molar-refractivity contribution in [3.63, 3.8) is 0 Å². The third-order valence-corrected chi connectivity index (χ3v) is 5.00. The molecule has 2 aromatic carbocycles. The van der Waals surface area contributed by atoms with Gasteiger partial charge in [0.05, 0.1) is 22.3 Å². The van der Waals surface area contributed by atoms with E-state index >= 15 is 0 Å². The molecule has 0 saturated carbocycles. The highest BCUT2D eigenvalue weighted by Crippen LogP contribution is 2.28. The molecule has 0 atom stereocenters. The van der Waals surface area contributed by atoms with Crippen LogP contribution in [0.2, 0.25) is 5.02 Å². The monoisotopic (exact) mass is 391 g/mol. The number of carbonyl (C=O) groups excluding carboxylic acids is 1. The maximum absolute atomic E-state index is 13.3. The van der Waals surface area contributed by atoms with Crippen molar-refractivity contribution in [2.75, 3.05) is 7.05 Å². The van der Waals surface area contributed by atoms with Crippen LogP contribution in [-0.2, 0) is 6.54 Å². The summed E-state index contributed by atoms with van der Waals surface area (Å²) in [6.45, 7) is 2.20. The maximum Gasteiger partial charge on any atom is 0.259 e. The normalized spacial score (nSPS) is 11.0. The first-order valence-electron chi connectivity index (χ1n) is 8.86. The van der Waals surface area contributed by atoms with Gasteiger partial charge in [-0.25, -0.2) is 4.98 Å². The zero-order valence-corrected chi connectivity index (χ0v) is 16.3. The number of rotatable bonds is 4. The molecule has 4 aromatic rings. The molecule has 6 heteroatoms. The van der Waals surface area contributed by atoms with E-state index < -0.39 is 0 Å². The van der Waals surface area contributed by atoms with Gasteiger partial charge in [0.2, 0.25) is 0 Å². The molecule has 0 aliphatic heterocycles. The fourth-order valence-corrected chi connectivity index (χ4v) is 3.38. The van der Waals surface area contributed by atoms with Gasteiger partial charge in [0, 0.05) is 24.2 Å². The first-order chi connectivity index (χ1) is 13.5. The van der Waals surface area contributed by atoms with Crippen molar-refractivity contribution in [3.8, 4) is 11.3 Å². The van der Waals surface area contributed by atoms with Crippen molar-refractivity contribution < 1.29 is 9.32 Å². The summed E-state index contributed by atoms with van der Waals surface area (Å²) in [4.78, 5) is 19.5. The number of carbonyl (C=O) groups is 1. The fraction of sp³-hybridized carbons (Fsp3) is 0.136. The standard InChI is InChI=1S/C22H18ClN3O2/c1-14-20-17(22(27)26(2)13-16-10-6-7-11-18(16)23)12-19(24-21(20)28-25-14)15-8-4-3-5-9-15/h3-12H,13H2,1-2H3. The Kier molecular flexibility index (Phi) is 4.84. The smallest absolute Gasteiger partial charge is 0.259 e. The van der Waals surface area contributed by atoms with Gasteiger partial charge in [-0.2, -0.15) is 0 Å². The van der Waals surface area contributed by atoms with Crippen LogP contribution in [0.5, 0.6) is 0 Å². The Morgan fingerprint density at radius 2 is 1.82 bits per heavy atom. The summed E-state index contributed by atoms with van der Waals surface area (Å²) in [6, 6.07) is 19.0. The summed E-state index contributed by atoms with van der Waals surface area (Å²) in [5.74, 6) is -0.143. The Labute approximate surface area is 167 Å². The average molecular weight is 392 g/mol. The summed E-state index contributed by atoms with van der Waals surface area (Å²) in [5, 5.41) is 5.27. The minimum absolute atomic E-state index is 0.143. The van der Waals surface area contributed by atoms with E-state index in [1.807, 2.05) is 54.6 Å². The highest BCUT2D eigenvalue weighted by atomic mass is 35.5. The van der Waals surface area contributed by atoms with E-state index in [1.54, 1.807) is 24.9 Å². The number of fused-ring (bicyclic) bond motifs is 1. The molecular weight excluding hydrogens is 374 g/mol. The predicted molar refractivity (Wildman–Crippen MR) is 109 cm³/mol. The van der Waals surface area contributed by atoms with Crippen LogP contribution in [0, 0.1) is 6.92 Å². The SMILES string of the molecule is Cc1noc2nc(-c3ccccc3)cc(C(=O)N(C)Cc3ccccc3Cl)c12. The molecule has 0 aliphatic rings. The molecule has 1 amide bonds. The second-order valence-corrected chi connectivity index (χ2v) is 7.03. The van der Waals surface area contributed by atoms with Crippen LogP contribution in [0.15, 0.2) is 65.2 Å². The lowest BCUT2D eigenvalue weighted by Gasteiger charge is -2.19. The molecule has 2 aromatic heterocycles. The summed E-state index contributed by atoms with van der Waals surface area (Å²) >= 11 is 6.25. The van der Waals surface area contributed by atoms with E-state index in [-0.39, 0.29) is 5.91 Å². The van der Waals surface area contributed by atoms with Gasteiger partial charge >= 0.3 is 0 Å². The van der Waals surface area contributed by atoms with Crippen LogP contribution in [0.25, 0.3) is 22.4 Å². The lowest BCUT2D eigenvalue weighted by Crippen LogP contribution is -2.26. The Bertz CT molecular complexity index is 1160. The molecule has 5 nitrogen and oxygen atoms in total. The lowest BCUT2D eigenvalue weighted by atomic mass is 10.0. The number of halogens is 1. The highest BCUT2D eigenvalue weighted by Gasteiger charge is 2.22. The summed E-state index contributed by atoms with van der Waals surface area (Å²) in [6.07, 6.45) is 0. The van der Waals surface area contributed by atoms with Crippen molar-refractivity contribution in [1.29, 1.82) is 0 Å². The number of aromatic nitrogens is 2. The zero-order valence-electron chi connectivity index (χ0n) is 15.5. The number of aryl methyl sites for hydroxylation is 1. The molecule has 0 saturated heterocycles. The third kappa shape index (κ3) is 3.37. The van der Waals surface area contributed by atoms with Crippen LogP contribution in [0.3, 0.4) is 0 Å². The fourth-order valence-electron chi connectivity index (χ4n) is 3.18. The van der Waals surface area contributed by atoms with Gasteiger partial charge in [-0.3, -0.25) is 4.79 Å². The largest absolute Gasteiger partial charge is 0.337 e. The highest BCUT2D eigenvalue weighted by molar-refractivity contribution is 6.31. The van der Waals surface area contributed by atoms with Crippen molar-refractivity contribution >= 4 is 28.6 Å². The topological polar surface area (TPSA) is 59.2 Å².